The van der Waals surface area contributed by atoms with E-state index in [0.29, 0.717) is 5.75 Å². The third-order valence-electron chi connectivity index (χ3n) is 2.65. The summed E-state index contributed by atoms with van der Waals surface area (Å²) in [5.74, 6) is 0.556. The van der Waals surface area contributed by atoms with Crippen molar-refractivity contribution in [3.8, 4) is 5.75 Å². The second-order valence-corrected chi connectivity index (χ2v) is 6.54. The summed E-state index contributed by atoms with van der Waals surface area (Å²) in [4.78, 5) is -0.145. The molecule has 19 heavy (non-hydrogen) atoms. The maximum Gasteiger partial charge on any atom is 0.294 e. The van der Waals surface area contributed by atoms with Crippen molar-refractivity contribution in [2.24, 2.45) is 0 Å². The van der Waals surface area contributed by atoms with Gasteiger partial charge in [0.25, 0.3) is 10.1 Å². The third-order valence-corrected chi connectivity index (χ3v) is 3.91. The van der Waals surface area contributed by atoms with Crippen LogP contribution in [-0.4, -0.2) is 24.5 Å². The Labute approximate surface area is 119 Å². The Morgan fingerprint density at radius 1 is 1.32 bits per heavy atom. The van der Waals surface area contributed by atoms with Crippen LogP contribution in [0.1, 0.15) is 33.1 Å². The molecule has 0 saturated heterocycles. The van der Waals surface area contributed by atoms with Crippen LogP contribution < -0.4 is 4.74 Å². The molecule has 0 heterocycles. The first kappa shape index (κ1) is 16.3. The second kappa shape index (κ2) is 7.12. The number of hydrogen-bond donors (Lipinski definition) is 1. The fourth-order valence-corrected chi connectivity index (χ4v) is 2.71. The molecule has 1 aromatic carbocycles. The summed E-state index contributed by atoms with van der Waals surface area (Å²) in [6, 6.07) is 5.65. The van der Waals surface area contributed by atoms with Gasteiger partial charge in [-0.25, -0.2) is 0 Å². The zero-order valence-electron chi connectivity index (χ0n) is 11.0. The summed E-state index contributed by atoms with van der Waals surface area (Å²) in [6.07, 6.45) is 2.65. The summed E-state index contributed by atoms with van der Waals surface area (Å²) in [7, 11) is -4.15. The van der Waals surface area contributed by atoms with E-state index in [-0.39, 0.29) is 16.4 Å². The molecule has 4 nitrogen and oxygen atoms in total. The van der Waals surface area contributed by atoms with Gasteiger partial charge in [0, 0.05) is 11.8 Å². The molecule has 1 rings (SSSR count). The van der Waals surface area contributed by atoms with Gasteiger partial charge in [-0.15, -0.1) is 11.6 Å². The highest BCUT2D eigenvalue weighted by atomic mass is 35.5. The molecular formula is C13H19ClO4S. The summed E-state index contributed by atoms with van der Waals surface area (Å²) in [5, 5.41) is 0.0806. The Kier molecular flexibility index (Phi) is 6.10. The molecule has 0 saturated carbocycles. The highest BCUT2D eigenvalue weighted by molar-refractivity contribution is 7.85. The highest BCUT2D eigenvalue weighted by Crippen LogP contribution is 2.20. The molecule has 0 spiro atoms. The molecule has 0 fully saturated rings. The first-order chi connectivity index (χ1) is 8.82. The van der Waals surface area contributed by atoms with E-state index in [4.69, 9.17) is 20.9 Å². The zero-order valence-corrected chi connectivity index (χ0v) is 12.6. The Morgan fingerprint density at radius 3 is 2.37 bits per heavy atom. The first-order valence-electron chi connectivity index (χ1n) is 6.21. The molecule has 6 heteroatoms. The summed E-state index contributed by atoms with van der Waals surface area (Å²) in [6.45, 7) is 4.00. The lowest BCUT2D eigenvalue weighted by molar-refractivity contribution is 0.208. The monoisotopic (exact) mass is 306 g/mol. The average molecular weight is 307 g/mol. The largest absolute Gasteiger partial charge is 0.491 e. The smallest absolute Gasteiger partial charge is 0.294 e. The van der Waals surface area contributed by atoms with Gasteiger partial charge in [0.05, 0.1) is 11.0 Å². The molecule has 0 aliphatic rings. The maximum absolute atomic E-state index is 10.9. The Bertz CT molecular complexity index is 484. The molecule has 0 amide bonds. The quantitative estimate of drug-likeness (QED) is 0.618. The number of rotatable bonds is 7. The van der Waals surface area contributed by atoms with Gasteiger partial charge in [-0.2, -0.15) is 8.42 Å². The molecule has 1 N–H and O–H groups in total. The molecule has 0 radical (unpaired) electrons. The molecule has 0 aromatic heterocycles. The van der Waals surface area contributed by atoms with Crippen molar-refractivity contribution in [1.82, 2.24) is 0 Å². The van der Waals surface area contributed by atoms with Crippen molar-refractivity contribution in [2.45, 2.75) is 49.5 Å². The van der Waals surface area contributed by atoms with E-state index in [2.05, 4.69) is 6.92 Å². The van der Waals surface area contributed by atoms with Crippen LogP contribution in [0.3, 0.4) is 0 Å². The van der Waals surface area contributed by atoms with Crippen molar-refractivity contribution in [3.05, 3.63) is 24.3 Å². The van der Waals surface area contributed by atoms with Crippen molar-refractivity contribution in [3.63, 3.8) is 0 Å². The fourth-order valence-electron chi connectivity index (χ4n) is 1.76. The summed E-state index contributed by atoms with van der Waals surface area (Å²) < 4.78 is 36.3. The minimum atomic E-state index is -4.15. The minimum Gasteiger partial charge on any atom is -0.491 e. The van der Waals surface area contributed by atoms with Gasteiger partial charge in [0.15, 0.2) is 0 Å². The van der Waals surface area contributed by atoms with Gasteiger partial charge >= 0.3 is 0 Å². The van der Waals surface area contributed by atoms with Crippen molar-refractivity contribution < 1.29 is 17.7 Å². The van der Waals surface area contributed by atoms with Gasteiger partial charge in [-0.3, -0.25) is 4.55 Å². The molecule has 1 aromatic rings. The number of halogens is 1. The predicted octanol–water partition coefficient (Wildman–Crippen LogP) is 3.50. The minimum absolute atomic E-state index is 0.0503. The van der Waals surface area contributed by atoms with E-state index < -0.39 is 10.1 Å². The van der Waals surface area contributed by atoms with E-state index in [1.165, 1.54) is 24.3 Å². The SMILES string of the molecule is CCCC(Cl)CC(C)Oc1ccc(S(=O)(=O)O)cc1. The van der Waals surface area contributed by atoms with E-state index >= 15 is 0 Å². The molecule has 0 bridgehead atoms. The van der Waals surface area contributed by atoms with Crippen LogP contribution in [0.25, 0.3) is 0 Å². The lowest BCUT2D eigenvalue weighted by atomic mass is 10.1. The van der Waals surface area contributed by atoms with Gasteiger partial charge in [-0.05, 0) is 37.6 Å². The number of benzene rings is 1. The van der Waals surface area contributed by atoms with Crippen molar-refractivity contribution in [2.75, 3.05) is 0 Å². The second-order valence-electron chi connectivity index (χ2n) is 4.50. The van der Waals surface area contributed by atoms with E-state index in [1.807, 2.05) is 6.92 Å². The molecule has 2 atom stereocenters. The van der Waals surface area contributed by atoms with E-state index in [1.54, 1.807) is 0 Å². The van der Waals surface area contributed by atoms with Crippen LogP contribution >= 0.6 is 11.6 Å². The topological polar surface area (TPSA) is 63.6 Å². The lowest BCUT2D eigenvalue weighted by Crippen LogP contribution is -2.17. The van der Waals surface area contributed by atoms with Gasteiger partial charge < -0.3 is 4.74 Å². The van der Waals surface area contributed by atoms with Crippen LogP contribution in [0.15, 0.2) is 29.2 Å². The molecular weight excluding hydrogens is 288 g/mol. The van der Waals surface area contributed by atoms with Crippen molar-refractivity contribution >= 4 is 21.7 Å². The lowest BCUT2D eigenvalue weighted by Gasteiger charge is -2.17. The summed E-state index contributed by atoms with van der Waals surface area (Å²) in [5.41, 5.74) is 0. The van der Waals surface area contributed by atoms with Crippen LogP contribution in [0.2, 0.25) is 0 Å². The Balaban J connectivity index is 2.58. The molecule has 108 valence electrons. The van der Waals surface area contributed by atoms with E-state index in [9.17, 15) is 8.42 Å². The van der Waals surface area contributed by atoms with Gasteiger partial charge in [-0.1, -0.05) is 13.3 Å². The van der Waals surface area contributed by atoms with Crippen LogP contribution in [0.4, 0.5) is 0 Å². The van der Waals surface area contributed by atoms with Gasteiger partial charge in [0.2, 0.25) is 0 Å². The Morgan fingerprint density at radius 2 is 1.89 bits per heavy atom. The molecule has 0 aliphatic carbocycles. The Hall–Kier alpha value is -0.780. The predicted molar refractivity (Wildman–Crippen MR) is 75.5 cm³/mol. The zero-order chi connectivity index (χ0) is 14.5. The van der Waals surface area contributed by atoms with E-state index in [0.717, 1.165) is 19.3 Å². The van der Waals surface area contributed by atoms with Gasteiger partial charge in [0.1, 0.15) is 5.75 Å². The van der Waals surface area contributed by atoms with Crippen LogP contribution in [0, 0.1) is 0 Å². The van der Waals surface area contributed by atoms with Crippen LogP contribution in [0.5, 0.6) is 5.75 Å². The number of hydrogen-bond acceptors (Lipinski definition) is 3. The molecule has 2 unspecified atom stereocenters. The number of alkyl halides is 1. The third kappa shape index (κ3) is 5.80. The average Bonchev–Trinajstić information content (AvgIpc) is 2.28. The summed E-state index contributed by atoms with van der Waals surface area (Å²) >= 11 is 6.13. The normalized spacial score (nSPS) is 14.9. The fraction of sp³-hybridized carbons (Fsp3) is 0.538. The number of ether oxygens (including phenoxy) is 1. The molecule has 0 aliphatic heterocycles. The standard InChI is InChI=1S/C13H19ClO4S/c1-3-4-11(14)9-10(2)18-12-5-7-13(8-6-12)19(15,16)17/h5-8,10-11H,3-4,9H2,1-2H3,(H,15,16,17). The first-order valence-corrected chi connectivity index (χ1v) is 8.09. The highest BCUT2D eigenvalue weighted by Gasteiger charge is 2.13. The van der Waals surface area contributed by atoms with Crippen molar-refractivity contribution in [1.29, 1.82) is 0 Å². The van der Waals surface area contributed by atoms with Crippen LogP contribution in [-0.2, 0) is 10.1 Å². The maximum atomic E-state index is 10.9.